The van der Waals surface area contributed by atoms with Crippen LogP contribution in [-0.4, -0.2) is 49.7 Å². The van der Waals surface area contributed by atoms with Crippen molar-refractivity contribution < 1.29 is 14.3 Å². The summed E-state index contributed by atoms with van der Waals surface area (Å²) in [5, 5.41) is 0.940. The number of hydrogen-bond donors (Lipinski definition) is 1. The van der Waals surface area contributed by atoms with Gasteiger partial charge in [0.1, 0.15) is 18.1 Å². The fraction of sp³-hybridized carbons (Fsp3) is 0.400. The van der Waals surface area contributed by atoms with Crippen molar-refractivity contribution >= 4 is 16.9 Å². The zero-order valence-corrected chi connectivity index (χ0v) is 12.1. The number of carbonyl (C=O) groups excluding carboxylic acids is 1. The van der Waals surface area contributed by atoms with Gasteiger partial charge in [0.15, 0.2) is 0 Å². The van der Waals surface area contributed by atoms with Crippen LogP contribution in [0.2, 0.25) is 0 Å². The summed E-state index contributed by atoms with van der Waals surface area (Å²) >= 11 is 0. The van der Waals surface area contributed by atoms with E-state index in [1.165, 1.54) is 0 Å². The summed E-state index contributed by atoms with van der Waals surface area (Å²) in [6.07, 6.45) is 0. The number of hydrogen-bond acceptors (Lipinski definition) is 4. The highest BCUT2D eigenvalue weighted by Crippen LogP contribution is 2.22. The molecule has 20 heavy (non-hydrogen) atoms. The third-order valence-electron chi connectivity index (χ3n) is 2.89. The lowest BCUT2D eigenvalue weighted by Crippen LogP contribution is -2.19. The minimum absolute atomic E-state index is 0.334. The van der Waals surface area contributed by atoms with Crippen molar-refractivity contribution in [3.63, 3.8) is 0 Å². The molecule has 0 radical (unpaired) electrons. The largest absolute Gasteiger partial charge is 0.492 e. The van der Waals surface area contributed by atoms with Crippen LogP contribution in [0.5, 0.6) is 5.75 Å². The number of nitrogens with one attached hydrogen (secondary N) is 1. The molecule has 5 nitrogen and oxygen atoms in total. The average molecular weight is 276 g/mol. The lowest BCUT2D eigenvalue weighted by molar-refractivity contribution is 0.0520. The molecule has 5 heteroatoms. The van der Waals surface area contributed by atoms with Gasteiger partial charge in [-0.25, -0.2) is 4.79 Å². The topological polar surface area (TPSA) is 54.6 Å². The molecule has 0 spiro atoms. The van der Waals surface area contributed by atoms with Gasteiger partial charge in [0, 0.05) is 17.4 Å². The second-order valence-corrected chi connectivity index (χ2v) is 4.80. The van der Waals surface area contributed by atoms with Gasteiger partial charge in [-0.15, -0.1) is 0 Å². The van der Waals surface area contributed by atoms with Gasteiger partial charge in [0.25, 0.3) is 0 Å². The quantitative estimate of drug-likeness (QED) is 0.822. The third-order valence-corrected chi connectivity index (χ3v) is 2.89. The maximum absolute atomic E-state index is 11.7. The Morgan fingerprint density at radius 3 is 2.80 bits per heavy atom. The van der Waals surface area contributed by atoms with Crippen LogP contribution in [0, 0.1) is 0 Å². The van der Waals surface area contributed by atoms with E-state index in [1.807, 2.05) is 32.3 Å². The summed E-state index contributed by atoms with van der Waals surface area (Å²) < 4.78 is 10.6. The number of fused-ring (bicyclic) bond motifs is 1. The molecule has 0 atom stereocenters. The predicted octanol–water partition coefficient (Wildman–Crippen LogP) is 2.29. The van der Waals surface area contributed by atoms with E-state index in [4.69, 9.17) is 9.47 Å². The minimum Gasteiger partial charge on any atom is -0.492 e. The van der Waals surface area contributed by atoms with Gasteiger partial charge in [0.05, 0.1) is 6.61 Å². The Hall–Kier alpha value is -2.01. The Balaban J connectivity index is 2.11. The van der Waals surface area contributed by atoms with Gasteiger partial charge in [-0.05, 0) is 45.3 Å². The molecule has 2 rings (SSSR count). The molecule has 2 aromatic rings. The first-order valence-electron chi connectivity index (χ1n) is 6.67. The maximum atomic E-state index is 11.7. The third kappa shape index (κ3) is 3.51. The number of carbonyl (C=O) groups is 1. The SMILES string of the molecule is CCOC(=O)c1cc2cc(OCCN(C)C)ccc2[nH]1. The van der Waals surface area contributed by atoms with Gasteiger partial charge in [-0.2, -0.15) is 0 Å². The second-order valence-electron chi connectivity index (χ2n) is 4.80. The van der Waals surface area contributed by atoms with Gasteiger partial charge >= 0.3 is 5.97 Å². The molecule has 0 saturated carbocycles. The molecule has 1 heterocycles. The van der Waals surface area contributed by atoms with Crippen molar-refractivity contribution in [3.8, 4) is 5.75 Å². The molecule has 0 saturated heterocycles. The molecular formula is C15H20N2O3. The van der Waals surface area contributed by atoms with Gasteiger partial charge in [-0.1, -0.05) is 0 Å². The van der Waals surface area contributed by atoms with E-state index in [2.05, 4.69) is 9.88 Å². The molecule has 1 aromatic heterocycles. The fourth-order valence-electron chi connectivity index (χ4n) is 1.87. The lowest BCUT2D eigenvalue weighted by Gasteiger charge is -2.10. The Kier molecular flexibility index (Phi) is 4.63. The monoisotopic (exact) mass is 276 g/mol. The molecule has 108 valence electrons. The van der Waals surface area contributed by atoms with Crippen LogP contribution < -0.4 is 4.74 Å². The van der Waals surface area contributed by atoms with Crippen LogP contribution in [0.25, 0.3) is 10.9 Å². The van der Waals surface area contributed by atoms with E-state index in [1.54, 1.807) is 13.0 Å². The first-order valence-corrected chi connectivity index (χ1v) is 6.67. The van der Waals surface area contributed by atoms with Crippen LogP contribution in [-0.2, 0) is 4.74 Å². The van der Waals surface area contributed by atoms with Crippen LogP contribution >= 0.6 is 0 Å². The molecule has 0 fully saturated rings. The predicted molar refractivity (Wildman–Crippen MR) is 78.3 cm³/mol. The summed E-state index contributed by atoms with van der Waals surface area (Å²) in [7, 11) is 4.01. The Morgan fingerprint density at radius 1 is 1.30 bits per heavy atom. The number of H-pyrrole nitrogens is 1. The summed E-state index contributed by atoms with van der Waals surface area (Å²) in [5.41, 5.74) is 1.36. The number of esters is 1. The first-order chi connectivity index (χ1) is 9.60. The van der Waals surface area contributed by atoms with Crippen LogP contribution in [0.15, 0.2) is 24.3 Å². The lowest BCUT2D eigenvalue weighted by atomic mass is 10.2. The highest BCUT2D eigenvalue weighted by atomic mass is 16.5. The van der Waals surface area contributed by atoms with Crippen LogP contribution in [0.3, 0.4) is 0 Å². The number of aromatic amines is 1. The summed E-state index contributed by atoms with van der Waals surface area (Å²) in [5.74, 6) is 0.465. The molecule has 0 unspecified atom stereocenters. The van der Waals surface area contributed by atoms with E-state index in [9.17, 15) is 4.79 Å². The Labute approximate surface area is 118 Å². The number of likely N-dealkylation sites (N-methyl/N-ethyl adjacent to an activating group) is 1. The van der Waals surface area contributed by atoms with E-state index in [0.717, 1.165) is 23.2 Å². The fourth-order valence-corrected chi connectivity index (χ4v) is 1.87. The number of aromatic nitrogens is 1. The van der Waals surface area contributed by atoms with E-state index in [0.29, 0.717) is 18.9 Å². The number of nitrogens with zero attached hydrogens (tertiary/aromatic N) is 1. The summed E-state index contributed by atoms with van der Waals surface area (Å²) in [4.78, 5) is 16.8. The zero-order chi connectivity index (χ0) is 14.5. The Morgan fingerprint density at radius 2 is 2.10 bits per heavy atom. The highest BCUT2D eigenvalue weighted by Gasteiger charge is 2.10. The molecule has 0 aliphatic rings. The van der Waals surface area contributed by atoms with Crippen molar-refractivity contribution in [1.29, 1.82) is 0 Å². The van der Waals surface area contributed by atoms with Crippen molar-refractivity contribution in [2.75, 3.05) is 33.9 Å². The smallest absolute Gasteiger partial charge is 0.354 e. The van der Waals surface area contributed by atoms with Crippen molar-refractivity contribution in [3.05, 3.63) is 30.0 Å². The second kappa shape index (κ2) is 6.43. The first kappa shape index (κ1) is 14.4. The van der Waals surface area contributed by atoms with E-state index >= 15 is 0 Å². The number of ether oxygens (including phenoxy) is 2. The van der Waals surface area contributed by atoms with Crippen LogP contribution in [0.1, 0.15) is 17.4 Å². The minimum atomic E-state index is -0.334. The molecule has 0 amide bonds. The zero-order valence-electron chi connectivity index (χ0n) is 12.1. The molecule has 1 N–H and O–H groups in total. The van der Waals surface area contributed by atoms with Crippen LogP contribution in [0.4, 0.5) is 0 Å². The number of rotatable bonds is 6. The Bertz CT molecular complexity index is 590. The summed E-state index contributed by atoms with van der Waals surface area (Å²) in [6.45, 7) is 3.65. The van der Waals surface area contributed by atoms with Crippen molar-refractivity contribution in [2.24, 2.45) is 0 Å². The molecule has 1 aromatic carbocycles. The van der Waals surface area contributed by atoms with Gasteiger partial charge in [0.2, 0.25) is 0 Å². The average Bonchev–Trinajstić information content (AvgIpc) is 2.81. The van der Waals surface area contributed by atoms with E-state index < -0.39 is 0 Å². The number of benzene rings is 1. The molecular weight excluding hydrogens is 256 g/mol. The standard InChI is InChI=1S/C15H20N2O3/c1-4-19-15(18)14-10-11-9-12(5-6-13(11)16-14)20-8-7-17(2)3/h5-6,9-10,16H,4,7-8H2,1-3H3. The summed E-state index contributed by atoms with van der Waals surface area (Å²) in [6, 6.07) is 7.50. The van der Waals surface area contributed by atoms with Gasteiger partial charge < -0.3 is 19.4 Å². The molecule has 0 aliphatic heterocycles. The normalized spacial score (nSPS) is 11.0. The molecule has 0 aliphatic carbocycles. The van der Waals surface area contributed by atoms with Crippen molar-refractivity contribution in [2.45, 2.75) is 6.92 Å². The maximum Gasteiger partial charge on any atom is 0.354 e. The van der Waals surface area contributed by atoms with Gasteiger partial charge in [-0.3, -0.25) is 0 Å². The highest BCUT2D eigenvalue weighted by molar-refractivity contribution is 5.95. The van der Waals surface area contributed by atoms with Crippen molar-refractivity contribution in [1.82, 2.24) is 9.88 Å². The van der Waals surface area contributed by atoms with E-state index in [-0.39, 0.29) is 5.97 Å². The molecule has 0 bridgehead atoms.